The van der Waals surface area contributed by atoms with Crippen LogP contribution >= 0.6 is 0 Å². The van der Waals surface area contributed by atoms with Crippen molar-refractivity contribution in [1.82, 2.24) is 5.32 Å². The van der Waals surface area contributed by atoms with Gasteiger partial charge in [0.05, 0.1) is 5.92 Å². The van der Waals surface area contributed by atoms with E-state index in [2.05, 4.69) is 19.2 Å². The SMILES string of the molecule is CC1(C)C[C@@H]1C(=O)NCC(Cc1cccc2ccccc12)C(=O)O. The van der Waals surface area contributed by atoms with E-state index in [1.54, 1.807) is 0 Å². The molecule has 2 N–H and O–H groups in total. The predicted octanol–water partition coefficient (Wildman–Crippen LogP) is 3.25. The van der Waals surface area contributed by atoms with Crippen molar-refractivity contribution in [1.29, 1.82) is 0 Å². The molecule has 2 aromatic carbocycles. The van der Waals surface area contributed by atoms with Gasteiger partial charge in [-0.05, 0) is 34.6 Å². The average Bonchev–Trinajstić information content (AvgIpc) is 3.19. The molecule has 1 amide bonds. The molecule has 0 aliphatic heterocycles. The Morgan fingerprint density at radius 3 is 2.54 bits per heavy atom. The van der Waals surface area contributed by atoms with Gasteiger partial charge in [0.2, 0.25) is 5.91 Å². The van der Waals surface area contributed by atoms with Gasteiger partial charge >= 0.3 is 5.97 Å². The molecule has 0 spiro atoms. The lowest BCUT2D eigenvalue weighted by molar-refractivity contribution is -0.141. The Morgan fingerprint density at radius 2 is 1.88 bits per heavy atom. The summed E-state index contributed by atoms with van der Waals surface area (Å²) in [5, 5.41) is 14.5. The number of hydrogen-bond donors (Lipinski definition) is 2. The Hall–Kier alpha value is -2.36. The molecule has 0 bridgehead atoms. The van der Waals surface area contributed by atoms with Crippen molar-refractivity contribution in [2.24, 2.45) is 17.3 Å². The first-order chi connectivity index (χ1) is 11.4. The number of carboxylic acids is 1. The highest BCUT2D eigenvalue weighted by atomic mass is 16.4. The third-order valence-electron chi connectivity index (χ3n) is 5.05. The zero-order chi connectivity index (χ0) is 17.3. The van der Waals surface area contributed by atoms with Gasteiger partial charge in [-0.1, -0.05) is 56.3 Å². The van der Waals surface area contributed by atoms with Crippen LogP contribution in [0, 0.1) is 17.3 Å². The van der Waals surface area contributed by atoms with E-state index in [0.717, 1.165) is 22.8 Å². The smallest absolute Gasteiger partial charge is 0.308 e. The summed E-state index contributed by atoms with van der Waals surface area (Å²) in [6, 6.07) is 13.9. The van der Waals surface area contributed by atoms with Crippen molar-refractivity contribution >= 4 is 22.6 Å². The Bertz CT molecular complexity index is 776. The van der Waals surface area contributed by atoms with Crippen LogP contribution in [0.4, 0.5) is 0 Å². The number of nitrogens with one attached hydrogen (secondary N) is 1. The number of amides is 1. The maximum absolute atomic E-state index is 12.1. The molecule has 0 aromatic heterocycles. The third kappa shape index (κ3) is 3.42. The topological polar surface area (TPSA) is 66.4 Å². The fourth-order valence-electron chi connectivity index (χ4n) is 3.24. The highest BCUT2D eigenvalue weighted by molar-refractivity contribution is 5.86. The fourth-order valence-corrected chi connectivity index (χ4v) is 3.24. The second kappa shape index (κ2) is 6.27. The number of rotatable bonds is 6. The molecule has 2 atom stereocenters. The van der Waals surface area contributed by atoms with Gasteiger partial charge in [0.15, 0.2) is 0 Å². The Kier molecular flexibility index (Phi) is 4.31. The van der Waals surface area contributed by atoms with Crippen molar-refractivity contribution in [3.8, 4) is 0 Å². The first kappa shape index (κ1) is 16.5. The Morgan fingerprint density at radius 1 is 1.21 bits per heavy atom. The van der Waals surface area contributed by atoms with Crippen LogP contribution in [0.25, 0.3) is 10.8 Å². The van der Waals surface area contributed by atoms with Crippen LogP contribution in [0.2, 0.25) is 0 Å². The number of aliphatic carboxylic acids is 1. The number of benzene rings is 2. The third-order valence-corrected chi connectivity index (χ3v) is 5.05. The summed E-state index contributed by atoms with van der Waals surface area (Å²) in [6.45, 7) is 4.29. The van der Waals surface area contributed by atoms with Gasteiger partial charge in [-0.2, -0.15) is 0 Å². The summed E-state index contributed by atoms with van der Waals surface area (Å²) in [7, 11) is 0. The molecule has 0 radical (unpaired) electrons. The number of carbonyl (C=O) groups is 2. The maximum Gasteiger partial charge on any atom is 0.308 e. The lowest BCUT2D eigenvalue weighted by Crippen LogP contribution is -2.35. The predicted molar refractivity (Wildman–Crippen MR) is 93.7 cm³/mol. The molecule has 1 aliphatic rings. The molecular weight excluding hydrogens is 302 g/mol. The molecule has 0 saturated heterocycles. The summed E-state index contributed by atoms with van der Waals surface area (Å²) in [5.41, 5.74) is 1.06. The minimum absolute atomic E-state index is 0.0181. The second-order valence-electron chi connectivity index (χ2n) is 7.37. The van der Waals surface area contributed by atoms with E-state index in [1.165, 1.54) is 0 Å². The zero-order valence-electron chi connectivity index (χ0n) is 14.1. The van der Waals surface area contributed by atoms with Crippen LogP contribution in [-0.2, 0) is 16.0 Å². The van der Waals surface area contributed by atoms with E-state index in [1.807, 2.05) is 42.5 Å². The molecule has 3 rings (SSSR count). The summed E-state index contributed by atoms with van der Waals surface area (Å²) in [6.07, 6.45) is 1.28. The molecule has 1 saturated carbocycles. The maximum atomic E-state index is 12.1. The van der Waals surface area contributed by atoms with Crippen molar-refractivity contribution in [2.45, 2.75) is 26.7 Å². The van der Waals surface area contributed by atoms with E-state index in [-0.39, 0.29) is 23.8 Å². The molecule has 4 heteroatoms. The molecule has 2 aromatic rings. The molecule has 24 heavy (non-hydrogen) atoms. The number of carbonyl (C=O) groups excluding carboxylic acids is 1. The molecule has 1 fully saturated rings. The van der Waals surface area contributed by atoms with E-state index in [0.29, 0.717) is 6.42 Å². The van der Waals surface area contributed by atoms with Crippen LogP contribution in [0.1, 0.15) is 25.8 Å². The monoisotopic (exact) mass is 325 g/mol. The van der Waals surface area contributed by atoms with Gasteiger partial charge in [0, 0.05) is 12.5 Å². The lowest BCUT2D eigenvalue weighted by Gasteiger charge is -2.15. The average molecular weight is 325 g/mol. The van der Waals surface area contributed by atoms with Gasteiger partial charge in [-0.25, -0.2) is 0 Å². The minimum Gasteiger partial charge on any atom is -0.481 e. The Labute approximate surface area is 141 Å². The van der Waals surface area contributed by atoms with Gasteiger partial charge in [-0.15, -0.1) is 0 Å². The quantitative estimate of drug-likeness (QED) is 0.857. The van der Waals surface area contributed by atoms with E-state index >= 15 is 0 Å². The number of carboxylic acid groups (broad SMARTS) is 1. The Balaban J connectivity index is 1.70. The van der Waals surface area contributed by atoms with E-state index in [9.17, 15) is 14.7 Å². The van der Waals surface area contributed by atoms with E-state index < -0.39 is 11.9 Å². The zero-order valence-corrected chi connectivity index (χ0v) is 14.1. The summed E-state index contributed by atoms with van der Waals surface area (Å²) < 4.78 is 0. The summed E-state index contributed by atoms with van der Waals surface area (Å²) in [4.78, 5) is 23.7. The van der Waals surface area contributed by atoms with Crippen LogP contribution < -0.4 is 5.32 Å². The molecular formula is C20H23NO3. The van der Waals surface area contributed by atoms with Crippen molar-refractivity contribution in [2.75, 3.05) is 6.54 Å². The normalized spacial score (nSPS) is 19.7. The van der Waals surface area contributed by atoms with Crippen molar-refractivity contribution in [3.05, 3.63) is 48.0 Å². The van der Waals surface area contributed by atoms with Crippen LogP contribution in [0.15, 0.2) is 42.5 Å². The highest BCUT2D eigenvalue weighted by Crippen LogP contribution is 2.51. The van der Waals surface area contributed by atoms with Crippen molar-refractivity contribution < 1.29 is 14.7 Å². The van der Waals surface area contributed by atoms with Crippen LogP contribution in [0.3, 0.4) is 0 Å². The number of hydrogen-bond acceptors (Lipinski definition) is 2. The standard InChI is InChI=1S/C20H23NO3/c1-20(2)11-17(20)18(22)21-12-15(19(23)24)10-14-8-5-7-13-6-3-4-9-16(13)14/h3-9,15,17H,10-12H2,1-2H3,(H,21,22)(H,23,24)/t15?,17-/m1/s1. The molecule has 126 valence electrons. The summed E-state index contributed by atoms with van der Waals surface area (Å²) in [5.74, 6) is -1.51. The van der Waals surface area contributed by atoms with Gasteiger partial charge in [-0.3, -0.25) is 9.59 Å². The fraction of sp³-hybridized carbons (Fsp3) is 0.400. The highest BCUT2D eigenvalue weighted by Gasteiger charge is 2.50. The molecule has 0 heterocycles. The second-order valence-corrected chi connectivity index (χ2v) is 7.37. The summed E-state index contributed by atoms with van der Waals surface area (Å²) >= 11 is 0. The van der Waals surface area contributed by atoms with Gasteiger partial charge < -0.3 is 10.4 Å². The molecule has 1 unspecified atom stereocenters. The minimum atomic E-state index is -0.877. The molecule has 4 nitrogen and oxygen atoms in total. The largest absolute Gasteiger partial charge is 0.481 e. The van der Waals surface area contributed by atoms with Crippen LogP contribution in [0.5, 0.6) is 0 Å². The lowest BCUT2D eigenvalue weighted by atomic mass is 9.94. The van der Waals surface area contributed by atoms with Gasteiger partial charge in [0.25, 0.3) is 0 Å². The number of fused-ring (bicyclic) bond motifs is 1. The van der Waals surface area contributed by atoms with Gasteiger partial charge in [0.1, 0.15) is 0 Å². The first-order valence-electron chi connectivity index (χ1n) is 8.35. The molecule has 1 aliphatic carbocycles. The van der Waals surface area contributed by atoms with E-state index in [4.69, 9.17) is 0 Å². The van der Waals surface area contributed by atoms with Crippen LogP contribution in [-0.4, -0.2) is 23.5 Å². The first-order valence-corrected chi connectivity index (χ1v) is 8.35. The van der Waals surface area contributed by atoms with Crippen molar-refractivity contribution in [3.63, 3.8) is 0 Å².